The smallest absolute Gasteiger partial charge is 0.340 e. The molecule has 0 saturated heterocycles. The van der Waals surface area contributed by atoms with Crippen LogP contribution in [0.5, 0.6) is 0 Å². The average molecular weight is 335 g/mol. The zero-order valence-corrected chi connectivity index (χ0v) is 13.6. The number of amides is 1. The fraction of sp³-hybridized carbons (Fsp3) is 0.312. The number of carbonyl (C=O) groups excluding carboxylic acids is 3. The molecule has 0 saturated carbocycles. The number of hydrogen-bond acceptors (Lipinski definition) is 6. The highest BCUT2D eigenvalue weighted by Crippen LogP contribution is 2.25. The number of hydrogen-bond donors (Lipinski definition) is 1. The zero-order chi connectivity index (χ0) is 16.8. The molecular formula is C16H17NO5S. The van der Waals surface area contributed by atoms with Crippen molar-refractivity contribution in [1.82, 2.24) is 5.32 Å². The molecule has 7 heteroatoms. The lowest BCUT2D eigenvalue weighted by molar-refractivity contribution is -0.157. The summed E-state index contributed by atoms with van der Waals surface area (Å²) < 4.78 is 10.6. The molecule has 1 heterocycles. The summed E-state index contributed by atoms with van der Waals surface area (Å²) >= 11 is 1.28. The van der Waals surface area contributed by atoms with E-state index in [9.17, 15) is 14.4 Å². The average Bonchev–Trinajstić information content (AvgIpc) is 2.96. The van der Waals surface area contributed by atoms with Gasteiger partial charge in [0.25, 0.3) is 5.91 Å². The topological polar surface area (TPSA) is 81.7 Å². The van der Waals surface area contributed by atoms with Crippen LogP contribution < -0.4 is 5.32 Å². The molecule has 0 radical (unpaired) electrons. The van der Waals surface area contributed by atoms with Gasteiger partial charge in [0.1, 0.15) is 0 Å². The largest absolute Gasteiger partial charge is 0.464 e. The van der Waals surface area contributed by atoms with Gasteiger partial charge < -0.3 is 14.8 Å². The number of thiophene rings is 1. The summed E-state index contributed by atoms with van der Waals surface area (Å²) in [5.74, 6) is -2.18. The number of ether oxygens (including phenoxy) is 2. The van der Waals surface area contributed by atoms with E-state index in [1.54, 1.807) is 19.9 Å². The summed E-state index contributed by atoms with van der Waals surface area (Å²) in [7, 11) is 0. The third kappa shape index (κ3) is 4.07. The predicted molar refractivity (Wildman–Crippen MR) is 86.3 cm³/mol. The number of fused-ring (bicyclic) bond motifs is 1. The molecule has 0 aliphatic carbocycles. The van der Waals surface area contributed by atoms with Crippen LogP contribution in [0.4, 0.5) is 0 Å². The summed E-state index contributed by atoms with van der Waals surface area (Å²) in [6.45, 7) is 3.45. The van der Waals surface area contributed by atoms with E-state index in [4.69, 9.17) is 9.47 Å². The third-order valence-corrected chi connectivity index (χ3v) is 4.08. The fourth-order valence-electron chi connectivity index (χ4n) is 1.96. The molecule has 0 spiro atoms. The molecule has 0 unspecified atom stereocenters. The third-order valence-electron chi connectivity index (χ3n) is 2.97. The first-order valence-electron chi connectivity index (χ1n) is 7.19. The van der Waals surface area contributed by atoms with Crippen molar-refractivity contribution in [1.29, 1.82) is 0 Å². The van der Waals surface area contributed by atoms with Gasteiger partial charge in [0.15, 0.2) is 0 Å². The summed E-state index contributed by atoms with van der Waals surface area (Å²) in [5.41, 5.74) is 0. The molecule has 1 aromatic heterocycles. The Morgan fingerprint density at radius 1 is 1.09 bits per heavy atom. The van der Waals surface area contributed by atoms with Gasteiger partial charge in [0.05, 0.1) is 18.1 Å². The Morgan fingerprint density at radius 3 is 2.26 bits per heavy atom. The number of rotatable bonds is 6. The van der Waals surface area contributed by atoms with Crippen molar-refractivity contribution in [2.24, 2.45) is 0 Å². The van der Waals surface area contributed by atoms with Crippen LogP contribution in [0.2, 0.25) is 0 Å². The van der Waals surface area contributed by atoms with Crippen LogP contribution in [0.15, 0.2) is 30.3 Å². The molecule has 0 atom stereocenters. The minimum absolute atomic E-state index is 0.105. The molecule has 1 aromatic carbocycles. The lowest BCUT2D eigenvalue weighted by atomic mass is 10.2. The highest BCUT2D eigenvalue weighted by molar-refractivity contribution is 7.20. The van der Waals surface area contributed by atoms with Crippen molar-refractivity contribution < 1.29 is 23.9 Å². The molecule has 0 bridgehead atoms. The number of esters is 2. The lowest BCUT2D eigenvalue weighted by Gasteiger charge is -2.15. The van der Waals surface area contributed by atoms with Gasteiger partial charge in [0.2, 0.25) is 6.04 Å². The van der Waals surface area contributed by atoms with Gasteiger partial charge in [-0.05, 0) is 31.4 Å². The highest BCUT2D eigenvalue weighted by atomic mass is 32.1. The van der Waals surface area contributed by atoms with Gasteiger partial charge in [-0.15, -0.1) is 11.3 Å². The van der Waals surface area contributed by atoms with E-state index in [2.05, 4.69) is 5.32 Å². The Labute approximate surface area is 137 Å². The van der Waals surface area contributed by atoms with E-state index in [0.717, 1.165) is 10.1 Å². The minimum Gasteiger partial charge on any atom is -0.464 e. The van der Waals surface area contributed by atoms with Crippen molar-refractivity contribution in [3.05, 3.63) is 35.2 Å². The van der Waals surface area contributed by atoms with Gasteiger partial charge in [-0.25, -0.2) is 9.59 Å². The van der Waals surface area contributed by atoms with Crippen LogP contribution in [0, 0.1) is 0 Å². The van der Waals surface area contributed by atoms with Crippen LogP contribution in [0.1, 0.15) is 23.5 Å². The van der Waals surface area contributed by atoms with Crippen molar-refractivity contribution in [3.8, 4) is 0 Å². The predicted octanol–water partition coefficient (Wildman–Crippen LogP) is 2.13. The van der Waals surface area contributed by atoms with E-state index < -0.39 is 23.9 Å². The second-order valence-corrected chi connectivity index (χ2v) is 5.64. The zero-order valence-electron chi connectivity index (χ0n) is 12.8. The molecule has 0 aliphatic rings. The number of benzene rings is 1. The maximum atomic E-state index is 12.3. The minimum atomic E-state index is -1.47. The highest BCUT2D eigenvalue weighted by Gasteiger charge is 2.31. The second-order valence-electron chi connectivity index (χ2n) is 4.56. The van der Waals surface area contributed by atoms with E-state index >= 15 is 0 Å². The first-order chi connectivity index (χ1) is 11.1. The first-order valence-corrected chi connectivity index (χ1v) is 8.01. The van der Waals surface area contributed by atoms with Crippen LogP contribution in [0.25, 0.3) is 10.1 Å². The molecule has 1 amide bonds. The molecule has 0 fully saturated rings. The summed E-state index contributed by atoms with van der Waals surface area (Å²) in [6, 6.07) is 7.77. The van der Waals surface area contributed by atoms with E-state index in [1.165, 1.54) is 11.3 Å². The van der Waals surface area contributed by atoms with Crippen molar-refractivity contribution in [2.75, 3.05) is 13.2 Å². The van der Waals surface area contributed by atoms with E-state index in [-0.39, 0.29) is 13.2 Å². The Kier molecular flexibility index (Phi) is 5.70. The Morgan fingerprint density at radius 2 is 1.70 bits per heavy atom. The van der Waals surface area contributed by atoms with Crippen LogP contribution in [-0.2, 0) is 19.1 Å². The first kappa shape index (κ1) is 17.0. The van der Waals surface area contributed by atoms with Crippen molar-refractivity contribution in [2.45, 2.75) is 19.9 Å². The standard InChI is InChI=1S/C16H17NO5S/c1-3-21-15(19)13(16(20)22-4-2)17-14(18)12-9-10-7-5-6-8-11(10)23-12/h5-9,13H,3-4H2,1-2H3,(H,17,18). The number of carbonyl (C=O) groups is 3. The van der Waals surface area contributed by atoms with E-state index in [0.29, 0.717) is 4.88 Å². The van der Waals surface area contributed by atoms with Gasteiger partial charge in [-0.1, -0.05) is 18.2 Å². The summed E-state index contributed by atoms with van der Waals surface area (Å²) in [4.78, 5) is 36.5. The normalized spacial score (nSPS) is 10.6. The molecule has 122 valence electrons. The molecular weight excluding hydrogens is 318 g/mol. The maximum Gasteiger partial charge on any atom is 0.340 e. The van der Waals surface area contributed by atoms with Crippen molar-refractivity contribution in [3.63, 3.8) is 0 Å². The number of nitrogens with one attached hydrogen (secondary N) is 1. The molecule has 23 heavy (non-hydrogen) atoms. The molecule has 6 nitrogen and oxygen atoms in total. The van der Waals surface area contributed by atoms with Crippen LogP contribution in [0.3, 0.4) is 0 Å². The lowest BCUT2D eigenvalue weighted by Crippen LogP contribution is -2.48. The Bertz CT molecular complexity index is 673. The fourth-order valence-corrected chi connectivity index (χ4v) is 2.93. The van der Waals surface area contributed by atoms with E-state index in [1.807, 2.05) is 24.3 Å². The molecule has 2 aromatic rings. The van der Waals surface area contributed by atoms with Crippen LogP contribution >= 0.6 is 11.3 Å². The molecule has 0 aliphatic heterocycles. The summed E-state index contributed by atoms with van der Waals surface area (Å²) in [6.07, 6.45) is 0. The van der Waals surface area contributed by atoms with Crippen LogP contribution in [-0.4, -0.2) is 37.1 Å². The van der Waals surface area contributed by atoms with Gasteiger partial charge >= 0.3 is 11.9 Å². The second kappa shape index (κ2) is 7.73. The molecule has 1 N–H and O–H groups in total. The van der Waals surface area contributed by atoms with Crippen molar-refractivity contribution >= 4 is 39.3 Å². The Balaban J connectivity index is 2.18. The van der Waals surface area contributed by atoms with Gasteiger partial charge in [-0.3, -0.25) is 4.79 Å². The summed E-state index contributed by atoms with van der Waals surface area (Å²) in [5, 5.41) is 3.31. The quantitative estimate of drug-likeness (QED) is 0.646. The van der Waals surface area contributed by atoms with Gasteiger partial charge in [-0.2, -0.15) is 0 Å². The monoisotopic (exact) mass is 335 g/mol. The van der Waals surface area contributed by atoms with Gasteiger partial charge in [0, 0.05) is 4.70 Å². The SMILES string of the molecule is CCOC(=O)C(NC(=O)c1cc2ccccc2s1)C(=O)OCC. The Hall–Kier alpha value is -2.41. The maximum absolute atomic E-state index is 12.3. The molecule has 2 rings (SSSR count).